The summed E-state index contributed by atoms with van der Waals surface area (Å²) in [4.78, 5) is 22.7. The summed E-state index contributed by atoms with van der Waals surface area (Å²) in [5.74, 6) is -1.73. The summed E-state index contributed by atoms with van der Waals surface area (Å²) in [5.41, 5.74) is 5.33. The van der Waals surface area contributed by atoms with Gasteiger partial charge >= 0.3 is 5.97 Å². The van der Waals surface area contributed by atoms with E-state index < -0.39 is 12.0 Å². The molecule has 0 aliphatic rings. The smallest absolute Gasteiger partial charge is 0.323 e. The number of aliphatic carboxylic acids is 1. The Morgan fingerprint density at radius 1 is 1.33 bits per heavy atom. The second-order valence-corrected chi connectivity index (χ2v) is 3.88. The van der Waals surface area contributed by atoms with Crippen molar-refractivity contribution in [1.29, 1.82) is 0 Å². The first-order valence-electron chi connectivity index (χ1n) is 5.52. The highest BCUT2D eigenvalue weighted by Gasteiger charge is 2.22. The number of carboxylic acids is 1. The van der Waals surface area contributed by atoms with E-state index in [9.17, 15) is 9.59 Å². The Hall–Kier alpha value is -2.14. The predicted octanol–water partition coefficient (Wildman–Crippen LogP) is 1.20. The van der Waals surface area contributed by atoms with Gasteiger partial charge in [0.15, 0.2) is 0 Å². The summed E-state index contributed by atoms with van der Waals surface area (Å²) in [6.07, 6.45) is 1.51. The maximum Gasteiger partial charge on any atom is 0.323 e. The molecule has 18 heavy (non-hydrogen) atoms. The number of carboxylic acid groups (broad SMARTS) is 1. The van der Waals surface area contributed by atoms with Crippen LogP contribution in [-0.2, 0) is 4.79 Å². The number of nitrogens with one attached hydrogen (secondary N) is 2. The minimum atomic E-state index is -1.05. The molecule has 0 spiro atoms. The van der Waals surface area contributed by atoms with Crippen molar-refractivity contribution >= 4 is 11.9 Å². The Morgan fingerprint density at radius 2 is 1.94 bits per heavy atom. The lowest BCUT2D eigenvalue weighted by Gasteiger charge is -2.18. The first-order chi connectivity index (χ1) is 8.56. The van der Waals surface area contributed by atoms with Gasteiger partial charge < -0.3 is 5.11 Å². The Kier molecular flexibility index (Phi) is 5.07. The van der Waals surface area contributed by atoms with Crippen LogP contribution < -0.4 is 10.9 Å². The van der Waals surface area contributed by atoms with Gasteiger partial charge in [0.2, 0.25) is 0 Å². The summed E-state index contributed by atoms with van der Waals surface area (Å²) in [5, 5.41) is 9.00. The van der Waals surface area contributed by atoms with Crippen molar-refractivity contribution in [1.82, 2.24) is 10.9 Å². The second kappa shape index (κ2) is 6.56. The molecule has 5 nitrogen and oxygen atoms in total. The molecule has 1 aromatic rings. The SMILES string of the molecule is C=CC(C)C(NNC(=O)c1ccccc1)C(=O)O. The molecule has 0 fully saturated rings. The van der Waals surface area contributed by atoms with E-state index >= 15 is 0 Å². The van der Waals surface area contributed by atoms with E-state index in [1.54, 1.807) is 37.3 Å². The number of hydrogen-bond donors (Lipinski definition) is 3. The van der Waals surface area contributed by atoms with Gasteiger partial charge in [-0.15, -0.1) is 6.58 Å². The van der Waals surface area contributed by atoms with Crippen LogP contribution in [0.4, 0.5) is 0 Å². The minimum absolute atomic E-state index is 0.307. The van der Waals surface area contributed by atoms with E-state index in [0.717, 1.165) is 0 Å². The van der Waals surface area contributed by atoms with Gasteiger partial charge in [-0.05, 0) is 12.1 Å². The van der Waals surface area contributed by atoms with E-state index in [-0.39, 0.29) is 11.8 Å². The third-order valence-electron chi connectivity index (χ3n) is 2.54. The van der Waals surface area contributed by atoms with Gasteiger partial charge in [-0.3, -0.25) is 15.0 Å². The molecule has 3 N–H and O–H groups in total. The Balaban J connectivity index is 2.60. The maximum atomic E-state index is 11.7. The number of hydrazine groups is 1. The lowest BCUT2D eigenvalue weighted by molar-refractivity contribution is -0.140. The quantitative estimate of drug-likeness (QED) is 0.522. The lowest BCUT2D eigenvalue weighted by atomic mass is 10.0. The van der Waals surface area contributed by atoms with Crippen LogP contribution in [0.2, 0.25) is 0 Å². The molecule has 0 saturated carbocycles. The zero-order valence-electron chi connectivity index (χ0n) is 10.1. The van der Waals surface area contributed by atoms with Gasteiger partial charge in [-0.2, -0.15) is 0 Å². The van der Waals surface area contributed by atoms with Crippen LogP contribution in [0, 0.1) is 5.92 Å². The number of carbonyl (C=O) groups is 2. The van der Waals surface area contributed by atoms with Gasteiger partial charge in [0.05, 0.1) is 0 Å². The number of carbonyl (C=O) groups excluding carboxylic acids is 1. The number of benzene rings is 1. The van der Waals surface area contributed by atoms with E-state index in [0.29, 0.717) is 5.56 Å². The van der Waals surface area contributed by atoms with Crippen LogP contribution in [0.5, 0.6) is 0 Å². The largest absolute Gasteiger partial charge is 0.480 e. The van der Waals surface area contributed by atoms with E-state index in [2.05, 4.69) is 17.4 Å². The third-order valence-corrected chi connectivity index (χ3v) is 2.54. The van der Waals surface area contributed by atoms with Crippen LogP contribution in [0.25, 0.3) is 0 Å². The first kappa shape index (κ1) is 13.9. The van der Waals surface area contributed by atoms with E-state index in [1.807, 2.05) is 0 Å². The summed E-state index contributed by atoms with van der Waals surface area (Å²) < 4.78 is 0. The fourth-order valence-electron chi connectivity index (χ4n) is 1.36. The van der Waals surface area contributed by atoms with Crippen LogP contribution >= 0.6 is 0 Å². The van der Waals surface area contributed by atoms with Crippen molar-refractivity contribution in [3.63, 3.8) is 0 Å². The Morgan fingerprint density at radius 3 is 2.44 bits per heavy atom. The predicted molar refractivity (Wildman–Crippen MR) is 67.8 cm³/mol. The number of hydrogen-bond acceptors (Lipinski definition) is 3. The highest BCUT2D eigenvalue weighted by molar-refractivity contribution is 5.94. The summed E-state index contributed by atoms with van der Waals surface area (Å²) in [7, 11) is 0. The molecule has 0 radical (unpaired) electrons. The van der Waals surface area contributed by atoms with Crippen molar-refractivity contribution < 1.29 is 14.7 Å². The lowest BCUT2D eigenvalue weighted by Crippen LogP contribution is -2.50. The third kappa shape index (κ3) is 3.71. The molecular weight excluding hydrogens is 232 g/mol. The van der Waals surface area contributed by atoms with Crippen molar-refractivity contribution in [2.24, 2.45) is 5.92 Å². The number of amides is 1. The van der Waals surface area contributed by atoms with Crippen LogP contribution in [0.1, 0.15) is 17.3 Å². The minimum Gasteiger partial charge on any atom is -0.480 e. The maximum absolute atomic E-state index is 11.7. The molecular formula is C13H16N2O3. The monoisotopic (exact) mass is 248 g/mol. The number of rotatable bonds is 6. The molecule has 0 aliphatic heterocycles. The normalized spacial score (nSPS) is 13.4. The van der Waals surface area contributed by atoms with Crippen LogP contribution in [0.15, 0.2) is 43.0 Å². The second-order valence-electron chi connectivity index (χ2n) is 3.88. The van der Waals surface area contributed by atoms with Gasteiger partial charge in [0, 0.05) is 11.5 Å². The molecule has 1 amide bonds. The molecule has 0 saturated heterocycles. The van der Waals surface area contributed by atoms with Crippen LogP contribution in [-0.4, -0.2) is 23.0 Å². The standard InChI is InChI=1S/C13H16N2O3/c1-3-9(2)11(13(17)18)14-15-12(16)10-7-5-4-6-8-10/h3-9,11,14H,1H2,2H3,(H,15,16)(H,17,18). The van der Waals surface area contributed by atoms with Gasteiger partial charge in [0.1, 0.15) is 6.04 Å². The Bertz CT molecular complexity index is 431. The topological polar surface area (TPSA) is 78.4 Å². The highest BCUT2D eigenvalue weighted by atomic mass is 16.4. The van der Waals surface area contributed by atoms with Crippen LogP contribution in [0.3, 0.4) is 0 Å². The van der Waals surface area contributed by atoms with Gasteiger partial charge in [-0.1, -0.05) is 31.2 Å². The van der Waals surface area contributed by atoms with Crippen molar-refractivity contribution in [3.8, 4) is 0 Å². The fraction of sp³-hybridized carbons (Fsp3) is 0.231. The van der Waals surface area contributed by atoms with Crippen molar-refractivity contribution in [2.75, 3.05) is 0 Å². The summed E-state index contributed by atoms with van der Waals surface area (Å²) in [6, 6.07) is 7.64. The highest BCUT2D eigenvalue weighted by Crippen LogP contribution is 2.04. The molecule has 0 aliphatic carbocycles. The molecule has 2 atom stereocenters. The average molecular weight is 248 g/mol. The van der Waals surface area contributed by atoms with E-state index in [4.69, 9.17) is 5.11 Å². The molecule has 5 heteroatoms. The summed E-state index contributed by atoms with van der Waals surface area (Å²) in [6.45, 7) is 5.23. The molecule has 0 aromatic heterocycles. The van der Waals surface area contributed by atoms with Gasteiger partial charge in [0.25, 0.3) is 5.91 Å². The molecule has 96 valence electrons. The van der Waals surface area contributed by atoms with E-state index in [1.165, 1.54) is 6.08 Å². The summed E-state index contributed by atoms with van der Waals surface area (Å²) >= 11 is 0. The average Bonchev–Trinajstić information content (AvgIpc) is 2.39. The Labute approximate surface area is 105 Å². The van der Waals surface area contributed by atoms with Gasteiger partial charge in [-0.25, -0.2) is 5.43 Å². The zero-order chi connectivity index (χ0) is 13.5. The zero-order valence-corrected chi connectivity index (χ0v) is 10.1. The van der Waals surface area contributed by atoms with Crippen molar-refractivity contribution in [2.45, 2.75) is 13.0 Å². The molecule has 0 bridgehead atoms. The molecule has 1 rings (SSSR count). The molecule has 1 aromatic carbocycles. The molecule has 2 unspecified atom stereocenters. The molecule has 0 heterocycles. The fourth-order valence-corrected chi connectivity index (χ4v) is 1.36. The first-order valence-corrected chi connectivity index (χ1v) is 5.52. The van der Waals surface area contributed by atoms with Crippen molar-refractivity contribution in [3.05, 3.63) is 48.6 Å².